The van der Waals surface area contributed by atoms with Crippen LogP contribution in [0.3, 0.4) is 0 Å². The number of halogens is 2. The summed E-state index contributed by atoms with van der Waals surface area (Å²) in [7, 11) is 0. The molecule has 19 heavy (non-hydrogen) atoms. The van der Waals surface area contributed by atoms with E-state index in [2.05, 4.69) is 5.32 Å². The Kier molecular flexibility index (Phi) is 5.26. The molecule has 0 saturated heterocycles. The quantitative estimate of drug-likeness (QED) is 0.822. The van der Waals surface area contributed by atoms with E-state index in [1.54, 1.807) is 0 Å². The van der Waals surface area contributed by atoms with Crippen molar-refractivity contribution in [3.63, 3.8) is 0 Å². The molecular weight excluding hydrogens is 287 g/mol. The molecule has 0 aliphatic carbocycles. The van der Waals surface area contributed by atoms with Crippen LogP contribution < -0.4 is 11.1 Å². The maximum atomic E-state index is 13.8. The summed E-state index contributed by atoms with van der Waals surface area (Å²) >= 11 is 10.7. The van der Waals surface area contributed by atoms with Crippen molar-refractivity contribution in [3.8, 4) is 0 Å². The molecule has 0 heterocycles. The molecule has 1 aromatic rings. The lowest BCUT2D eigenvalue weighted by atomic mass is 9.92. The number of thiocarbonyl (C=S) groups is 1. The molecule has 1 amide bonds. The minimum Gasteiger partial charge on any atom is -0.391 e. The van der Waals surface area contributed by atoms with Gasteiger partial charge in [-0.15, -0.1) is 0 Å². The van der Waals surface area contributed by atoms with E-state index in [0.29, 0.717) is 12.8 Å². The summed E-state index contributed by atoms with van der Waals surface area (Å²) < 4.78 is 13.8. The van der Waals surface area contributed by atoms with Crippen molar-refractivity contribution in [2.75, 3.05) is 0 Å². The van der Waals surface area contributed by atoms with Crippen molar-refractivity contribution in [3.05, 3.63) is 34.6 Å². The first kappa shape index (κ1) is 15.9. The summed E-state index contributed by atoms with van der Waals surface area (Å²) in [6, 6.07) is 4.26. The molecule has 0 saturated carbocycles. The number of hydrogen-bond acceptors (Lipinski definition) is 2. The van der Waals surface area contributed by atoms with Crippen LogP contribution in [0.25, 0.3) is 0 Å². The molecule has 0 aliphatic heterocycles. The van der Waals surface area contributed by atoms with Crippen LogP contribution >= 0.6 is 23.8 Å². The predicted molar refractivity (Wildman–Crippen MR) is 79.0 cm³/mol. The number of benzene rings is 1. The average Bonchev–Trinajstić information content (AvgIpc) is 2.38. The van der Waals surface area contributed by atoms with Gasteiger partial charge < -0.3 is 11.1 Å². The minimum atomic E-state index is -0.804. The molecule has 1 aromatic carbocycles. The smallest absolute Gasteiger partial charge is 0.255 e. The number of carbonyl (C=O) groups excluding carboxylic acids is 1. The molecule has 104 valence electrons. The molecule has 0 atom stereocenters. The van der Waals surface area contributed by atoms with Crippen molar-refractivity contribution in [2.24, 2.45) is 5.73 Å². The molecule has 0 aromatic heterocycles. The van der Waals surface area contributed by atoms with Crippen molar-refractivity contribution in [2.45, 2.75) is 32.2 Å². The SMILES string of the molecule is CCC(CC)(NC(=O)c1cccc(Cl)c1F)C(N)=S. The maximum Gasteiger partial charge on any atom is 0.255 e. The number of hydrogen-bond donors (Lipinski definition) is 2. The molecule has 0 radical (unpaired) electrons. The molecule has 6 heteroatoms. The number of nitrogens with two attached hydrogens (primary N) is 1. The third-order valence-electron chi connectivity index (χ3n) is 3.23. The van der Waals surface area contributed by atoms with Crippen LogP contribution in [0.4, 0.5) is 4.39 Å². The zero-order valence-electron chi connectivity index (χ0n) is 10.8. The monoisotopic (exact) mass is 302 g/mol. The Morgan fingerprint density at radius 2 is 2.05 bits per heavy atom. The zero-order chi connectivity index (χ0) is 14.6. The summed E-state index contributed by atoms with van der Waals surface area (Å²) in [5.41, 5.74) is 4.76. The van der Waals surface area contributed by atoms with Crippen molar-refractivity contribution in [1.82, 2.24) is 5.32 Å². The van der Waals surface area contributed by atoms with E-state index in [1.165, 1.54) is 18.2 Å². The normalized spacial score (nSPS) is 11.2. The van der Waals surface area contributed by atoms with Crippen LogP contribution in [0, 0.1) is 5.82 Å². The van der Waals surface area contributed by atoms with Crippen LogP contribution in [-0.2, 0) is 0 Å². The van der Waals surface area contributed by atoms with Gasteiger partial charge in [0.2, 0.25) is 0 Å². The lowest BCUT2D eigenvalue weighted by Crippen LogP contribution is -2.56. The molecule has 0 aliphatic rings. The lowest BCUT2D eigenvalue weighted by molar-refractivity contribution is 0.0915. The molecular formula is C13H16ClFN2OS. The highest BCUT2D eigenvalue weighted by Crippen LogP contribution is 2.21. The second kappa shape index (κ2) is 6.30. The van der Waals surface area contributed by atoms with E-state index in [4.69, 9.17) is 29.6 Å². The molecule has 0 bridgehead atoms. The summed E-state index contributed by atoms with van der Waals surface area (Å²) in [6.45, 7) is 3.72. The highest BCUT2D eigenvalue weighted by atomic mass is 35.5. The molecule has 0 unspecified atom stereocenters. The van der Waals surface area contributed by atoms with Crippen LogP contribution in [0.15, 0.2) is 18.2 Å². The van der Waals surface area contributed by atoms with E-state index < -0.39 is 17.3 Å². The molecule has 0 spiro atoms. The Balaban J connectivity index is 3.08. The van der Waals surface area contributed by atoms with Gasteiger partial charge in [0.15, 0.2) is 5.82 Å². The Morgan fingerprint density at radius 1 is 1.47 bits per heavy atom. The fourth-order valence-corrected chi connectivity index (χ4v) is 2.31. The van der Waals surface area contributed by atoms with Crippen molar-refractivity contribution < 1.29 is 9.18 Å². The Bertz CT molecular complexity index is 503. The van der Waals surface area contributed by atoms with Gasteiger partial charge in [0.25, 0.3) is 5.91 Å². The van der Waals surface area contributed by atoms with Crippen LogP contribution in [0.5, 0.6) is 0 Å². The Labute approximate surface area is 122 Å². The van der Waals surface area contributed by atoms with Gasteiger partial charge in [0.05, 0.1) is 21.1 Å². The van der Waals surface area contributed by atoms with Crippen molar-refractivity contribution >= 4 is 34.7 Å². The largest absolute Gasteiger partial charge is 0.391 e. The zero-order valence-corrected chi connectivity index (χ0v) is 12.4. The van der Waals surface area contributed by atoms with Gasteiger partial charge >= 0.3 is 0 Å². The first-order chi connectivity index (χ1) is 8.88. The maximum absolute atomic E-state index is 13.8. The van der Waals surface area contributed by atoms with Gasteiger partial charge in [-0.05, 0) is 25.0 Å². The number of amides is 1. The topological polar surface area (TPSA) is 55.1 Å². The molecule has 1 rings (SSSR count). The van der Waals surface area contributed by atoms with Gasteiger partial charge in [-0.2, -0.15) is 0 Å². The molecule has 3 N–H and O–H groups in total. The first-order valence-corrected chi connectivity index (χ1v) is 6.73. The third kappa shape index (κ3) is 3.22. The number of carbonyl (C=O) groups is 1. The molecule has 0 fully saturated rings. The van der Waals surface area contributed by atoms with E-state index in [0.717, 1.165) is 0 Å². The number of nitrogens with one attached hydrogen (secondary N) is 1. The summed E-state index contributed by atoms with van der Waals surface area (Å²) in [4.78, 5) is 12.3. The van der Waals surface area contributed by atoms with Gasteiger partial charge in [0, 0.05) is 0 Å². The lowest BCUT2D eigenvalue weighted by Gasteiger charge is -2.31. The second-order valence-corrected chi connectivity index (χ2v) is 5.06. The summed E-state index contributed by atoms with van der Waals surface area (Å²) in [6.07, 6.45) is 1.07. The number of rotatable bonds is 5. The van der Waals surface area contributed by atoms with E-state index in [1.807, 2.05) is 13.8 Å². The standard InChI is InChI=1S/C13H16ClFN2OS/c1-3-13(4-2,12(16)19)17-11(18)8-6-5-7-9(14)10(8)15/h5-7H,3-4H2,1-2H3,(H2,16,19)(H,17,18). The first-order valence-electron chi connectivity index (χ1n) is 5.94. The Hall–Kier alpha value is -1.20. The van der Waals surface area contributed by atoms with Crippen LogP contribution in [0.2, 0.25) is 5.02 Å². The average molecular weight is 303 g/mol. The van der Waals surface area contributed by atoms with Crippen LogP contribution in [-0.4, -0.2) is 16.4 Å². The van der Waals surface area contributed by atoms with Gasteiger partial charge in [-0.3, -0.25) is 4.79 Å². The fraction of sp³-hybridized carbons (Fsp3) is 0.385. The summed E-state index contributed by atoms with van der Waals surface area (Å²) in [5, 5.41) is 2.61. The predicted octanol–water partition coefficient (Wildman–Crippen LogP) is 3.05. The van der Waals surface area contributed by atoms with Crippen LogP contribution in [0.1, 0.15) is 37.0 Å². The summed E-state index contributed by atoms with van der Waals surface area (Å²) in [5.74, 6) is -1.32. The van der Waals surface area contributed by atoms with Gasteiger partial charge in [-0.25, -0.2) is 4.39 Å². The Morgan fingerprint density at radius 3 is 2.53 bits per heavy atom. The second-order valence-electron chi connectivity index (χ2n) is 4.21. The highest BCUT2D eigenvalue weighted by molar-refractivity contribution is 7.80. The third-order valence-corrected chi connectivity index (χ3v) is 3.91. The van der Waals surface area contributed by atoms with E-state index in [-0.39, 0.29) is 15.6 Å². The highest BCUT2D eigenvalue weighted by Gasteiger charge is 2.32. The minimum absolute atomic E-state index is 0.0958. The van der Waals surface area contributed by atoms with E-state index >= 15 is 0 Å². The van der Waals surface area contributed by atoms with Crippen molar-refractivity contribution in [1.29, 1.82) is 0 Å². The van der Waals surface area contributed by atoms with Gasteiger partial charge in [-0.1, -0.05) is 43.7 Å². The fourth-order valence-electron chi connectivity index (χ4n) is 1.80. The van der Waals surface area contributed by atoms with E-state index in [9.17, 15) is 9.18 Å². The van der Waals surface area contributed by atoms with Gasteiger partial charge in [0.1, 0.15) is 0 Å². The molecule has 3 nitrogen and oxygen atoms in total.